The van der Waals surface area contributed by atoms with Crippen molar-refractivity contribution in [2.75, 3.05) is 44.4 Å². The van der Waals surface area contributed by atoms with Crippen molar-refractivity contribution in [1.29, 1.82) is 0 Å². The van der Waals surface area contributed by atoms with Crippen LogP contribution in [0.1, 0.15) is 127 Å². The third kappa shape index (κ3) is 35.1. The first kappa shape index (κ1) is 104. The molecular formula is C82H115N21O23S2. The van der Waals surface area contributed by atoms with Gasteiger partial charge >= 0.3 is 5.97 Å². The van der Waals surface area contributed by atoms with Gasteiger partial charge < -0.3 is 133 Å². The minimum absolute atomic E-state index is 0.0882. The second-order valence-electron chi connectivity index (χ2n) is 30.8. The number of amides is 18. The number of nitrogens with two attached hydrogens (primary N) is 5. The standard InChI is InChI=1S/C82H115N21O23S2/c1-42(104)70(103-75(118)55(23-26-65(85)108)96-80(123)62(40-127)92-43(2)105)82(125)101-60(34-47-37-90-52-16-8-6-14-50(47)52)78(121)94-54(22-25-64(84)107)74(117)102-63(41-128)81(124)98-58(32-45-18-20-48(106)21-19-45)77(120)99-59(33-46-36-89-51-15-7-5-13-49(46)51)79(122)97-57(31-44-11-3-4-12-44)76(119)95-56(24-27-69(112)113)73(116)100-61(35-66(86)109)72(115)91-38-67(110)88-29-30-126-39-68(111)93-53(71(87)114)17-9-10-28-83/h5-8,13-16,18-21,36-37,42,44,53-63,70,89-90,104,106,127-128H,3-4,9-12,17,22-35,38-41,83H2,1-2H3,(H2,84,107)(H2,85,108)(H2,86,109)(H2,87,114)(H,88,110)(H,91,115)(H,92,105)(H,93,111)(H,94,121)(H,95,119)(H,96,123)(H,97,122)(H,98,124)(H,99,120)(H,100,116)(H,101,125)(H,102,117)(H,103,118)(H,112,113)/t42-,53-,54+,55+,56+,57+,58+,59+,60+,61+,62+,63+,70+/m1/s1. The third-order valence-electron chi connectivity index (χ3n) is 20.7. The van der Waals surface area contributed by atoms with E-state index < -0.39 is 261 Å². The Bertz CT molecular complexity index is 4740. The topological polar surface area (TPSA) is 724 Å². The first-order valence-corrected chi connectivity index (χ1v) is 42.7. The molecule has 1 saturated carbocycles. The molecule has 0 radical (unpaired) electrons. The number of carboxylic acid groups (broad SMARTS) is 1. The molecule has 29 N–H and O–H groups in total. The number of aliphatic carboxylic acids is 1. The Balaban J connectivity index is 1.25. The molecule has 46 heteroatoms. The molecule has 0 unspecified atom stereocenters. The molecule has 13 atom stereocenters. The van der Waals surface area contributed by atoms with Gasteiger partial charge in [-0.1, -0.05) is 74.2 Å². The molecule has 6 rings (SSSR count). The summed E-state index contributed by atoms with van der Waals surface area (Å²) < 4.78 is 5.28. The highest BCUT2D eigenvalue weighted by atomic mass is 32.1. The number of ether oxygens (including phenoxy) is 1. The Kier molecular flexibility index (Phi) is 42.9. The van der Waals surface area contributed by atoms with Crippen LogP contribution < -0.4 is 103 Å². The van der Waals surface area contributed by atoms with Crippen LogP contribution in [-0.4, -0.2) is 261 Å². The average molecular weight is 1830 g/mol. The summed E-state index contributed by atoms with van der Waals surface area (Å²) in [5.41, 5.74) is 29.7. The maximum atomic E-state index is 15.4. The predicted molar refractivity (Wildman–Crippen MR) is 467 cm³/mol. The van der Waals surface area contributed by atoms with E-state index in [2.05, 4.69) is 110 Å². The molecule has 0 aliphatic heterocycles. The van der Waals surface area contributed by atoms with Crippen LogP contribution in [0.5, 0.6) is 5.75 Å². The molecule has 3 aromatic carbocycles. The number of aliphatic hydroxyl groups is 1. The molecule has 18 amide bonds. The first-order valence-electron chi connectivity index (χ1n) is 41.4. The number of unbranched alkanes of at least 4 members (excludes halogenated alkanes) is 1. The van der Waals surface area contributed by atoms with Gasteiger partial charge in [-0.15, -0.1) is 0 Å². The maximum Gasteiger partial charge on any atom is 0.303 e. The summed E-state index contributed by atoms with van der Waals surface area (Å²) in [5.74, 6) is -20.6. The number of thiol groups is 2. The number of phenols is 1. The zero-order valence-corrected chi connectivity index (χ0v) is 72.4. The number of H-pyrrole nitrogens is 2. The van der Waals surface area contributed by atoms with Gasteiger partial charge in [0, 0.05) is 97.7 Å². The van der Waals surface area contributed by atoms with Crippen LogP contribution in [0, 0.1) is 5.92 Å². The van der Waals surface area contributed by atoms with Crippen molar-refractivity contribution in [1.82, 2.24) is 84.4 Å². The summed E-state index contributed by atoms with van der Waals surface area (Å²) in [6.07, 6.45) is -0.261. The van der Waals surface area contributed by atoms with Crippen LogP contribution in [0.3, 0.4) is 0 Å². The van der Waals surface area contributed by atoms with E-state index in [0.29, 0.717) is 70.7 Å². The normalized spacial score (nSPS) is 14.9. The predicted octanol–water partition coefficient (Wildman–Crippen LogP) is -5.82. The molecule has 0 bridgehead atoms. The van der Waals surface area contributed by atoms with E-state index in [4.69, 9.17) is 33.4 Å². The number of hydrogen-bond acceptors (Lipinski definition) is 25. The molecule has 0 spiro atoms. The molecule has 5 aromatic rings. The number of hydrogen-bond donors (Lipinski definition) is 26. The number of benzene rings is 3. The molecule has 1 aliphatic rings. The highest BCUT2D eigenvalue weighted by Gasteiger charge is 2.40. The van der Waals surface area contributed by atoms with Gasteiger partial charge in [0.25, 0.3) is 0 Å². The van der Waals surface area contributed by atoms with E-state index in [1.807, 2.05) is 0 Å². The van der Waals surface area contributed by atoms with Crippen molar-refractivity contribution in [3.63, 3.8) is 0 Å². The number of fused-ring (bicyclic) bond motifs is 2. The average Bonchev–Trinajstić information content (AvgIpc) is 1.60. The quantitative estimate of drug-likeness (QED) is 0.0127. The van der Waals surface area contributed by atoms with Crippen LogP contribution in [0.25, 0.3) is 21.8 Å². The Morgan fingerprint density at radius 3 is 1.38 bits per heavy atom. The number of phenolic OH excluding ortho intramolecular Hbond substituents is 1. The number of aliphatic hydroxyl groups excluding tert-OH is 1. The zero-order valence-electron chi connectivity index (χ0n) is 70.6. The summed E-state index contributed by atoms with van der Waals surface area (Å²) >= 11 is 8.47. The molecule has 1 aliphatic carbocycles. The number of primary amides is 4. The van der Waals surface area contributed by atoms with E-state index >= 15 is 9.59 Å². The number of aromatic nitrogens is 2. The lowest BCUT2D eigenvalue weighted by molar-refractivity contribution is -0.139. The van der Waals surface area contributed by atoms with Gasteiger partial charge in [0.2, 0.25) is 106 Å². The number of carboxylic acids is 1. The second kappa shape index (κ2) is 52.9. The van der Waals surface area contributed by atoms with Gasteiger partial charge in [0.05, 0.1) is 25.7 Å². The van der Waals surface area contributed by atoms with E-state index in [1.54, 1.807) is 54.7 Å². The SMILES string of the molecule is CC(=O)N[C@@H](CS)C(=O)N[C@@H](CCC(N)=O)C(=O)N[C@H](C(=O)N[C@@H](Cc1c[nH]c2ccccc12)C(=O)N[C@@H](CCC(N)=O)C(=O)N[C@@H](CS)C(=O)N[C@@H](Cc1ccc(O)cc1)C(=O)N[C@@H](Cc1c[nH]c2ccccc12)C(=O)N[C@@H](CC1CCCC1)C(=O)N[C@@H](CCC(=O)O)C(=O)N[C@@H](CC(N)=O)C(=O)NCC(=O)NCCOCC(=O)N[C@H](CCCCN)C(N)=O)[C@@H](C)O. The second-order valence-corrected chi connectivity index (χ2v) is 31.6. The number of rotatable bonds is 57. The fraction of sp³-hybridized carbons (Fsp3) is 0.500. The molecular weight excluding hydrogens is 1710 g/mol. The zero-order chi connectivity index (χ0) is 94.3. The van der Waals surface area contributed by atoms with Gasteiger partial charge in [0.15, 0.2) is 0 Å². The lowest BCUT2D eigenvalue weighted by Gasteiger charge is -2.29. The lowest BCUT2D eigenvalue weighted by atomic mass is 9.96. The van der Waals surface area contributed by atoms with Crippen LogP contribution in [0.4, 0.5) is 0 Å². The van der Waals surface area contributed by atoms with Crippen molar-refractivity contribution in [2.24, 2.45) is 34.6 Å². The third-order valence-corrected chi connectivity index (χ3v) is 21.4. The first-order chi connectivity index (χ1) is 60.9. The van der Waals surface area contributed by atoms with Gasteiger partial charge in [-0.05, 0) is 105 Å². The maximum absolute atomic E-state index is 15.4. The summed E-state index contributed by atoms with van der Waals surface area (Å²) in [6, 6.07) is -0.593. The summed E-state index contributed by atoms with van der Waals surface area (Å²) in [4.78, 5) is 264. The van der Waals surface area contributed by atoms with Crippen LogP contribution in [0.15, 0.2) is 85.2 Å². The van der Waals surface area contributed by atoms with Crippen molar-refractivity contribution in [2.45, 2.75) is 208 Å². The molecule has 44 nitrogen and oxygen atoms in total. The number of aromatic amines is 2. The number of nitrogens with one attached hydrogen (secondary N) is 16. The molecule has 128 heavy (non-hydrogen) atoms. The largest absolute Gasteiger partial charge is 0.508 e. The van der Waals surface area contributed by atoms with Crippen molar-refractivity contribution in [3.8, 4) is 5.75 Å². The lowest BCUT2D eigenvalue weighted by Crippen LogP contribution is -2.62. The molecule has 1 fully saturated rings. The van der Waals surface area contributed by atoms with Crippen LogP contribution in [0.2, 0.25) is 0 Å². The van der Waals surface area contributed by atoms with E-state index in [-0.39, 0.29) is 56.3 Å². The van der Waals surface area contributed by atoms with Gasteiger partial charge in [-0.3, -0.25) is 91.1 Å². The highest BCUT2D eigenvalue weighted by Crippen LogP contribution is 2.30. The van der Waals surface area contributed by atoms with Crippen LogP contribution >= 0.6 is 25.3 Å². The minimum atomic E-state index is -1.93. The number of carbonyl (C=O) groups is 19. The van der Waals surface area contributed by atoms with Crippen LogP contribution in [-0.2, 0) is 115 Å². The molecule has 0 saturated heterocycles. The van der Waals surface area contributed by atoms with E-state index in [1.165, 1.54) is 30.5 Å². The fourth-order valence-corrected chi connectivity index (χ4v) is 14.4. The number of carbonyl (C=O) groups excluding carboxylic acids is 18. The summed E-state index contributed by atoms with van der Waals surface area (Å²) in [5, 5.41) is 67.0. The van der Waals surface area contributed by atoms with Gasteiger partial charge in [-0.25, -0.2) is 0 Å². The monoisotopic (exact) mass is 1830 g/mol. The van der Waals surface area contributed by atoms with E-state index in [9.17, 15) is 96.8 Å². The highest BCUT2D eigenvalue weighted by molar-refractivity contribution is 7.80. The number of aromatic hydroxyl groups is 1. The van der Waals surface area contributed by atoms with Crippen molar-refractivity contribution >= 4 is 159 Å². The Labute approximate surface area is 745 Å². The number of para-hydroxylation sites is 2. The van der Waals surface area contributed by atoms with Gasteiger partial charge in [0.1, 0.15) is 84.9 Å². The van der Waals surface area contributed by atoms with Crippen molar-refractivity contribution in [3.05, 3.63) is 102 Å². The Hall–Kier alpha value is -12.9. The summed E-state index contributed by atoms with van der Waals surface area (Å²) in [6.45, 7) is 0.949. The van der Waals surface area contributed by atoms with E-state index in [0.717, 1.165) is 26.7 Å². The molecule has 2 heterocycles. The summed E-state index contributed by atoms with van der Waals surface area (Å²) in [7, 11) is 0. The molecule has 698 valence electrons. The molecule has 2 aromatic heterocycles. The Morgan fingerprint density at radius 2 is 0.906 bits per heavy atom. The fourth-order valence-electron chi connectivity index (χ4n) is 13.9. The smallest absolute Gasteiger partial charge is 0.303 e. The van der Waals surface area contributed by atoms with Crippen molar-refractivity contribution < 1.29 is 111 Å². The minimum Gasteiger partial charge on any atom is -0.508 e. The Morgan fingerprint density at radius 1 is 0.469 bits per heavy atom. The van der Waals surface area contributed by atoms with Gasteiger partial charge in [-0.2, -0.15) is 25.3 Å².